The summed E-state index contributed by atoms with van der Waals surface area (Å²) in [5.41, 5.74) is 0. The molecule has 0 amide bonds. The summed E-state index contributed by atoms with van der Waals surface area (Å²) in [6, 6.07) is 7.58. The van der Waals surface area contributed by atoms with Crippen molar-refractivity contribution in [2.24, 2.45) is 0 Å². The van der Waals surface area contributed by atoms with Gasteiger partial charge in [0.15, 0.2) is 0 Å². The van der Waals surface area contributed by atoms with Crippen LogP contribution >= 0.6 is 11.6 Å². The molecule has 0 aliphatic heterocycles. The van der Waals surface area contributed by atoms with Gasteiger partial charge in [-0.15, -0.1) is 11.6 Å². The molecule has 0 aromatic heterocycles. The normalized spacial score (nSPS) is 10.4. The maximum Gasteiger partial charge on any atom is 0.119 e. The molecule has 1 aromatic carbocycles. The first kappa shape index (κ1) is 16.1. The molecule has 0 aliphatic carbocycles. The molecule has 108 valence electrons. The van der Waals surface area contributed by atoms with Gasteiger partial charge in [0.2, 0.25) is 0 Å². The van der Waals surface area contributed by atoms with Gasteiger partial charge in [-0.2, -0.15) is 0 Å². The summed E-state index contributed by atoms with van der Waals surface area (Å²) in [6.45, 7) is 3.77. The molecule has 0 bridgehead atoms. The molecule has 0 saturated heterocycles. The second kappa shape index (κ2) is 10.9. The Balaban J connectivity index is 1.95. The van der Waals surface area contributed by atoms with Crippen LogP contribution in [0.15, 0.2) is 24.3 Å². The number of methoxy groups -OCH3 is 1. The predicted octanol–water partition coefficient (Wildman–Crippen LogP) is 2.31. The fraction of sp³-hybridized carbons (Fsp3) is 0.571. The van der Waals surface area contributed by atoms with Gasteiger partial charge >= 0.3 is 0 Å². The monoisotopic (exact) mass is 287 g/mol. The van der Waals surface area contributed by atoms with Crippen molar-refractivity contribution in [3.8, 4) is 11.5 Å². The first-order valence-corrected chi connectivity index (χ1v) is 7.01. The molecule has 0 fully saturated rings. The molecule has 4 nitrogen and oxygen atoms in total. The van der Waals surface area contributed by atoms with E-state index in [9.17, 15) is 0 Å². The number of rotatable bonds is 11. The lowest BCUT2D eigenvalue weighted by Gasteiger charge is -2.08. The predicted molar refractivity (Wildman–Crippen MR) is 77.5 cm³/mol. The van der Waals surface area contributed by atoms with Crippen molar-refractivity contribution in [1.29, 1.82) is 0 Å². The number of ether oxygens (including phenoxy) is 3. The van der Waals surface area contributed by atoms with Crippen LogP contribution in [0.25, 0.3) is 0 Å². The van der Waals surface area contributed by atoms with E-state index in [0.29, 0.717) is 19.1 Å². The Morgan fingerprint density at radius 1 is 1.00 bits per heavy atom. The summed E-state index contributed by atoms with van der Waals surface area (Å²) in [5, 5.41) is 3.29. The van der Waals surface area contributed by atoms with Gasteiger partial charge in [0.1, 0.15) is 18.1 Å². The maximum absolute atomic E-state index is 5.58. The highest BCUT2D eigenvalue weighted by Crippen LogP contribution is 2.16. The van der Waals surface area contributed by atoms with Crippen molar-refractivity contribution in [2.45, 2.75) is 6.42 Å². The fourth-order valence-electron chi connectivity index (χ4n) is 1.49. The van der Waals surface area contributed by atoms with Crippen LogP contribution in [0.2, 0.25) is 0 Å². The Kier molecular flexibility index (Phi) is 9.23. The van der Waals surface area contributed by atoms with Gasteiger partial charge in [0, 0.05) is 19.0 Å². The smallest absolute Gasteiger partial charge is 0.119 e. The van der Waals surface area contributed by atoms with Gasteiger partial charge in [0.25, 0.3) is 0 Å². The first-order chi connectivity index (χ1) is 9.36. The molecule has 0 aliphatic rings. The van der Waals surface area contributed by atoms with Gasteiger partial charge < -0.3 is 19.5 Å². The topological polar surface area (TPSA) is 39.7 Å². The molecular weight excluding hydrogens is 266 g/mol. The number of hydrogen-bond donors (Lipinski definition) is 1. The van der Waals surface area contributed by atoms with Crippen LogP contribution in [-0.4, -0.2) is 45.9 Å². The third-order valence-corrected chi connectivity index (χ3v) is 2.63. The van der Waals surface area contributed by atoms with E-state index < -0.39 is 0 Å². The van der Waals surface area contributed by atoms with Crippen molar-refractivity contribution in [3.63, 3.8) is 0 Å². The second-order valence-corrected chi connectivity index (χ2v) is 4.31. The third-order valence-electron chi connectivity index (χ3n) is 2.47. The lowest BCUT2D eigenvalue weighted by molar-refractivity contribution is 0.146. The zero-order valence-corrected chi connectivity index (χ0v) is 12.1. The van der Waals surface area contributed by atoms with Crippen LogP contribution in [0, 0.1) is 0 Å². The second-order valence-electron chi connectivity index (χ2n) is 3.93. The van der Waals surface area contributed by atoms with E-state index in [1.54, 1.807) is 7.11 Å². The van der Waals surface area contributed by atoms with Gasteiger partial charge in [-0.05, 0) is 37.2 Å². The van der Waals surface area contributed by atoms with E-state index >= 15 is 0 Å². The average molecular weight is 288 g/mol. The van der Waals surface area contributed by atoms with Crippen LogP contribution in [0.1, 0.15) is 6.42 Å². The lowest BCUT2D eigenvalue weighted by Crippen LogP contribution is -2.23. The molecule has 0 heterocycles. The van der Waals surface area contributed by atoms with Gasteiger partial charge in [-0.3, -0.25) is 0 Å². The number of hydrogen-bond acceptors (Lipinski definition) is 4. The third kappa shape index (κ3) is 7.93. The Labute approximate surface area is 120 Å². The molecule has 0 unspecified atom stereocenters. The standard InChI is InChI=1S/C14H22ClNO3/c1-17-13-3-5-14(6-4-13)19-12-9-16-8-2-10-18-11-7-15/h3-6,16H,2,7-12H2,1H3. The van der Waals surface area contributed by atoms with E-state index in [-0.39, 0.29) is 0 Å². The number of alkyl halides is 1. The van der Waals surface area contributed by atoms with E-state index in [1.165, 1.54) is 0 Å². The molecule has 1 N–H and O–H groups in total. The zero-order chi connectivity index (χ0) is 13.8. The van der Waals surface area contributed by atoms with Gasteiger partial charge in [-0.1, -0.05) is 0 Å². The van der Waals surface area contributed by atoms with Crippen LogP contribution in [0.3, 0.4) is 0 Å². The minimum atomic E-state index is 0.559. The SMILES string of the molecule is COc1ccc(OCCNCCCOCCCl)cc1. The summed E-state index contributed by atoms with van der Waals surface area (Å²) >= 11 is 5.50. The van der Waals surface area contributed by atoms with Crippen molar-refractivity contribution in [2.75, 3.05) is 45.9 Å². The van der Waals surface area contributed by atoms with Crippen molar-refractivity contribution >= 4 is 11.6 Å². The van der Waals surface area contributed by atoms with E-state index in [0.717, 1.165) is 37.6 Å². The average Bonchev–Trinajstić information content (AvgIpc) is 2.46. The van der Waals surface area contributed by atoms with Crippen molar-refractivity contribution in [3.05, 3.63) is 24.3 Å². The number of benzene rings is 1. The van der Waals surface area contributed by atoms with E-state index in [1.807, 2.05) is 24.3 Å². The largest absolute Gasteiger partial charge is 0.497 e. The maximum atomic E-state index is 5.58. The van der Waals surface area contributed by atoms with Crippen LogP contribution in [-0.2, 0) is 4.74 Å². The molecule has 0 spiro atoms. The minimum Gasteiger partial charge on any atom is -0.497 e. The Hall–Kier alpha value is -0.970. The Bertz CT molecular complexity index is 319. The van der Waals surface area contributed by atoms with E-state index in [4.69, 9.17) is 25.8 Å². The summed E-state index contributed by atoms with van der Waals surface area (Å²) in [5.74, 6) is 2.25. The van der Waals surface area contributed by atoms with Gasteiger partial charge in [0.05, 0.1) is 13.7 Å². The highest BCUT2D eigenvalue weighted by atomic mass is 35.5. The minimum absolute atomic E-state index is 0.559. The zero-order valence-electron chi connectivity index (χ0n) is 11.4. The molecular formula is C14H22ClNO3. The summed E-state index contributed by atoms with van der Waals surface area (Å²) in [7, 11) is 1.65. The Morgan fingerprint density at radius 2 is 1.74 bits per heavy atom. The summed E-state index contributed by atoms with van der Waals surface area (Å²) in [6.07, 6.45) is 0.986. The first-order valence-electron chi connectivity index (χ1n) is 6.48. The van der Waals surface area contributed by atoms with Crippen LogP contribution in [0.5, 0.6) is 11.5 Å². The molecule has 0 radical (unpaired) electrons. The lowest BCUT2D eigenvalue weighted by atomic mass is 10.3. The quantitative estimate of drug-likeness (QED) is 0.501. The summed E-state index contributed by atoms with van der Waals surface area (Å²) in [4.78, 5) is 0. The van der Waals surface area contributed by atoms with Crippen LogP contribution < -0.4 is 14.8 Å². The van der Waals surface area contributed by atoms with E-state index in [2.05, 4.69) is 5.32 Å². The molecule has 1 aromatic rings. The van der Waals surface area contributed by atoms with Crippen LogP contribution in [0.4, 0.5) is 0 Å². The highest BCUT2D eigenvalue weighted by Gasteiger charge is 1.95. The fourth-order valence-corrected chi connectivity index (χ4v) is 1.60. The van der Waals surface area contributed by atoms with Crippen molar-refractivity contribution < 1.29 is 14.2 Å². The Morgan fingerprint density at radius 3 is 2.42 bits per heavy atom. The molecule has 0 atom stereocenters. The summed E-state index contributed by atoms with van der Waals surface area (Å²) < 4.78 is 15.9. The van der Waals surface area contributed by atoms with Crippen molar-refractivity contribution in [1.82, 2.24) is 5.32 Å². The van der Waals surface area contributed by atoms with Gasteiger partial charge in [-0.25, -0.2) is 0 Å². The number of halogens is 1. The number of nitrogens with one attached hydrogen (secondary N) is 1. The molecule has 19 heavy (non-hydrogen) atoms. The molecule has 5 heteroatoms. The molecule has 0 saturated carbocycles. The molecule has 1 rings (SSSR count). The highest BCUT2D eigenvalue weighted by molar-refractivity contribution is 6.17.